The molecule has 4 aliphatic heterocycles. The molecule has 4 aromatic rings. The number of urea groups is 3. The van der Waals surface area contributed by atoms with Crippen molar-refractivity contribution in [3.05, 3.63) is 143 Å². The highest BCUT2D eigenvalue weighted by Crippen LogP contribution is 2.38. The van der Waals surface area contributed by atoms with Gasteiger partial charge in [-0.25, -0.2) is 52.2 Å². The fourth-order valence-corrected chi connectivity index (χ4v) is 10.4. The van der Waals surface area contributed by atoms with Crippen LogP contribution in [0.15, 0.2) is 97.1 Å². The van der Waals surface area contributed by atoms with Gasteiger partial charge in [0.1, 0.15) is 23.3 Å². The van der Waals surface area contributed by atoms with Crippen molar-refractivity contribution < 1.29 is 76.5 Å². The molecule has 0 spiro atoms. The number of nitrogens with zero attached hydrogens (tertiary/aromatic N) is 4. The lowest BCUT2D eigenvalue weighted by Crippen LogP contribution is -2.33. The average Bonchev–Trinajstić information content (AvgIpc) is 4.45. The summed E-state index contributed by atoms with van der Waals surface area (Å²) in [7, 11) is 0. The zero-order valence-corrected chi connectivity index (χ0v) is 47.9. The van der Waals surface area contributed by atoms with Crippen molar-refractivity contribution in [1.82, 2.24) is 20.3 Å². The third-order valence-electron chi connectivity index (χ3n) is 15.1. The number of unbranched alkanes of at least 4 members (excludes halogenated alkanes) is 4. The number of carbonyl (C=O) groups excluding carboxylic acids is 4. The van der Waals surface area contributed by atoms with Gasteiger partial charge in [-0.2, -0.15) is 0 Å². The molecule has 0 bridgehead atoms. The number of benzene rings is 4. The molecule has 464 valence electrons. The van der Waals surface area contributed by atoms with E-state index in [0.29, 0.717) is 41.0 Å². The molecule has 8 atom stereocenters. The molecule has 0 aromatic heterocycles. The summed E-state index contributed by atoms with van der Waals surface area (Å²) in [6.45, 7) is 2.42. The van der Waals surface area contributed by atoms with Crippen LogP contribution in [0.4, 0.5) is 31.9 Å². The molecule has 10 N–H and O–H groups in total. The van der Waals surface area contributed by atoms with E-state index >= 15 is 0 Å². The Bertz CT molecular complexity index is 2210. The summed E-state index contributed by atoms with van der Waals surface area (Å²) in [6.07, 6.45) is 18.4. The van der Waals surface area contributed by atoms with Gasteiger partial charge >= 0.3 is 18.1 Å². The lowest BCUT2D eigenvalue weighted by Gasteiger charge is -2.15. The van der Waals surface area contributed by atoms with Crippen molar-refractivity contribution in [3.8, 4) is 0 Å². The third kappa shape index (κ3) is 25.0. The number of hydroxylamine groups is 8. The van der Waals surface area contributed by atoms with E-state index in [0.717, 1.165) is 136 Å². The number of rotatable bonds is 24. The van der Waals surface area contributed by atoms with Crippen LogP contribution in [0, 0.1) is 23.3 Å². The summed E-state index contributed by atoms with van der Waals surface area (Å²) in [6, 6.07) is 23.3. The largest absolute Gasteiger partial charge is 0.370 e. The summed E-state index contributed by atoms with van der Waals surface area (Å²) >= 11 is 0. The zero-order valence-electron chi connectivity index (χ0n) is 47.9. The molecule has 0 radical (unpaired) electrons. The van der Waals surface area contributed by atoms with Crippen molar-refractivity contribution in [3.63, 3.8) is 0 Å². The van der Waals surface area contributed by atoms with Crippen molar-refractivity contribution in [2.24, 2.45) is 17.2 Å². The second-order valence-corrected chi connectivity index (χ2v) is 21.5. The molecule has 4 saturated heterocycles. The van der Waals surface area contributed by atoms with Crippen LogP contribution in [0.5, 0.6) is 0 Å². The lowest BCUT2D eigenvalue weighted by atomic mass is 10.0. The molecule has 4 aromatic carbocycles. The number of ether oxygens (including phenoxy) is 4. The van der Waals surface area contributed by atoms with E-state index in [1.807, 2.05) is 0 Å². The van der Waals surface area contributed by atoms with Crippen LogP contribution < -0.4 is 17.2 Å². The lowest BCUT2D eigenvalue weighted by molar-refractivity contribution is -0.162. The quantitative estimate of drug-likeness (QED) is 0.0149. The van der Waals surface area contributed by atoms with Crippen LogP contribution in [0.2, 0.25) is 0 Å². The van der Waals surface area contributed by atoms with Gasteiger partial charge in [0.25, 0.3) is 0 Å². The van der Waals surface area contributed by atoms with E-state index in [4.69, 9.17) is 51.8 Å². The molecule has 7 amide bonds. The number of nitrogens with two attached hydrogens (primary N) is 3. The van der Waals surface area contributed by atoms with Crippen LogP contribution >= 0.6 is 0 Å². The topological polar surface area (TPSA) is 277 Å². The Morgan fingerprint density at radius 3 is 0.762 bits per heavy atom. The average molecular weight is 1180 g/mol. The Labute approximate surface area is 489 Å². The standard InChI is InChI=1S/C16H22FNO3.3C15H21FN2O3/c1-12(19)18(20)11-3-2-4-15-9-10-16(21-15)13-5-7-14(17)8-6-13;3*16-12-6-4-11(5-7-12)14-9-8-13(21-14)3-1-2-10-18(20)15(17)19/h5-8,15-16,20H,2-4,9-11H2,1H3;3*4-7,13-14,20H,1-3,8-10H2,(H2,17,19)/t15-,16?;13?,14-;13-,14-;/m111./s1. The zero-order chi connectivity index (χ0) is 61.0. The minimum atomic E-state index is -0.830. The number of hydrogen-bond donors (Lipinski definition) is 7. The Balaban J connectivity index is 0.000000205. The van der Waals surface area contributed by atoms with Crippen LogP contribution in [0.1, 0.15) is 182 Å². The molecule has 0 saturated carbocycles. The highest BCUT2D eigenvalue weighted by molar-refractivity contribution is 5.72. The fraction of sp³-hybridized carbons (Fsp3) is 0.541. The normalized spacial score (nSPS) is 21.4. The maximum atomic E-state index is 12.9. The molecule has 23 heteroatoms. The van der Waals surface area contributed by atoms with Gasteiger partial charge in [0.15, 0.2) is 0 Å². The summed E-state index contributed by atoms with van der Waals surface area (Å²) in [5.41, 5.74) is 18.8. The highest BCUT2D eigenvalue weighted by Gasteiger charge is 2.29. The number of carbonyl (C=O) groups is 4. The SMILES string of the molecule is CC(=O)N(O)CCCC[C@@H]1CCC(c2ccc(F)cc2)O1.NC(=O)N(O)CCCCC1CCC(c2ccc(F)cc2)O1.NC(=O)N(O)CCCCC1CC[C@H](c2ccc(F)cc2)O1.NC(=O)N(O)CCCC[C@@H]1CC[C@H](c2ccc(F)cc2)O1. The molecule has 4 aliphatic rings. The van der Waals surface area contributed by atoms with E-state index in [1.54, 1.807) is 48.5 Å². The first-order chi connectivity index (χ1) is 40.2. The minimum absolute atomic E-state index is 0.0376. The number of halogens is 4. The smallest absolute Gasteiger partial charge is 0.338 e. The Morgan fingerprint density at radius 1 is 0.369 bits per heavy atom. The predicted molar refractivity (Wildman–Crippen MR) is 302 cm³/mol. The van der Waals surface area contributed by atoms with E-state index in [1.165, 1.54) is 55.5 Å². The van der Waals surface area contributed by atoms with Crippen molar-refractivity contribution in [2.75, 3.05) is 26.2 Å². The number of amides is 7. The Morgan fingerprint density at radius 2 is 0.571 bits per heavy atom. The van der Waals surface area contributed by atoms with Crippen molar-refractivity contribution in [1.29, 1.82) is 0 Å². The maximum absolute atomic E-state index is 12.9. The minimum Gasteiger partial charge on any atom is -0.370 e. The fourth-order valence-electron chi connectivity index (χ4n) is 10.4. The van der Waals surface area contributed by atoms with Crippen LogP contribution in [0.25, 0.3) is 0 Å². The Kier molecular flexibility index (Phi) is 29.6. The summed E-state index contributed by atoms with van der Waals surface area (Å²) < 4.78 is 75.4. The molecular weight excluding hydrogens is 1100 g/mol. The predicted octanol–water partition coefficient (Wildman–Crippen LogP) is 12.4. The molecule has 4 heterocycles. The first-order valence-corrected chi connectivity index (χ1v) is 29.1. The van der Waals surface area contributed by atoms with Gasteiger partial charge < -0.3 is 36.1 Å². The molecule has 4 fully saturated rings. The number of hydrogen-bond acceptors (Lipinski definition) is 12. The van der Waals surface area contributed by atoms with Crippen LogP contribution in [0.3, 0.4) is 0 Å². The third-order valence-corrected chi connectivity index (χ3v) is 15.1. The molecule has 8 rings (SSSR count). The van der Waals surface area contributed by atoms with Crippen LogP contribution in [-0.4, -0.2) is 116 Å². The monoisotopic (exact) mass is 1180 g/mol. The van der Waals surface area contributed by atoms with Crippen molar-refractivity contribution in [2.45, 2.75) is 184 Å². The summed E-state index contributed by atoms with van der Waals surface area (Å²) in [5.74, 6) is -1.28. The van der Waals surface area contributed by atoms with Crippen LogP contribution in [-0.2, 0) is 23.7 Å². The molecular formula is C61H85F4N7O12. The second kappa shape index (κ2) is 36.4. The maximum Gasteiger partial charge on any atom is 0.338 e. The molecule has 19 nitrogen and oxygen atoms in total. The van der Waals surface area contributed by atoms with Gasteiger partial charge in [-0.1, -0.05) is 48.5 Å². The first kappa shape index (κ1) is 68.3. The van der Waals surface area contributed by atoms with Gasteiger partial charge in [0.2, 0.25) is 5.91 Å². The van der Waals surface area contributed by atoms with Crippen molar-refractivity contribution >= 4 is 24.0 Å². The van der Waals surface area contributed by atoms with Gasteiger partial charge in [-0.15, -0.1) is 0 Å². The molecule has 84 heavy (non-hydrogen) atoms. The first-order valence-electron chi connectivity index (χ1n) is 29.1. The van der Waals surface area contributed by atoms with E-state index in [-0.39, 0.29) is 97.6 Å². The summed E-state index contributed by atoms with van der Waals surface area (Å²) in [5, 5.41) is 39.0. The summed E-state index contributed by atoms with van der Waals surface area (Å²) in [4.78, 5) is 42.7. The van der Waals surface area contributed by atoms with Gasteiger partial charge in [0, 0.05) is 13.5 Å². The van der Waals surface area contributed by atoms with Gasteiger partial charge in [-0.05, 0) is 199 Å². The van der Waals surface area contributed by atoms with Gasteiger partial charge in [0.05, 0.1) is 68.5 Å². The molecule has 0 aliphatic carbocycles. The van der Waals surface area contributed by atoms with E-state index in [2.05, 4.69) is 0 Å². The molecule has 4 unspecified atom stereocenters. The highest BCUT2D eigenvalue weighted by atomic mass is 19.1. The Hall–Kier alpha value is -6.44. The number of primary amides is 3. The van der Waals surface area contributed by atoms with E-state index in [9.17, 15) is 41.9 Å². The van der Waals surface area contributed by atoms with E-state index < -0.39 is 18.1 Å². The van der Waals surface area contributed by atoms with Gasteiger partial charge in [-0.3, -0.25) is 25.6 Å². The second-order valence-electron chi connectivity index (χ2n) is 21.5.